The van der Waals surface area contributed by atoms with Crippen molar-refractivity contribution < 1.29 is 4.79 Å². The van der Waals surface area contributed by atoms with Crippen molar-refractivity contribution in [1.29, 1.82) is 0 Å². The molecule has 1 aliphatic carbocycles. The topological polar surface area (TPSA) is 58.4 Å². The zero-order chi connectivity index (χ0) is 15.0. The summed E-state index contributed by atoms with van der Waals surface area (Å²) in [6, 6.07) is 4.16. The largest absolute Gasteiger partial charge is 0.396 e. The maximum absolute atomic E-state index is 12.3. The number of nitrogens with zero attached hydrogens (tertiary/aromatic N) is 1. The number of hydrogen-bond acceptors (Lipinski definition) is 3. The number of likely N-dealkylation sites (tertiary alicyclic amines) is 1. The van der Waals surface area contributed by atoms with Crippen molar-refractivity contribution >= 4 is 34.8 Å². The molecule has 0 aromatic heterocycles. The first-order valence-corrected chi connectivity index (χ1v) is 8.09. The van der Waals surface area contributed by atoms with Gasteiger partial charge in [0.25, 0.3) is 5.91 Å². The van der Waals surface area contributed by atoms with Gasteiger partial charge >= 0.3 is 0 Å². The molecule has 0 radical (unpaired) electrons. The van der Waals surface area contributed by atoms with E-state index in [1.54, 1.807) is 12.1 Å². The molecule has 1 aromatic rings. The lowest BCUT2D eigenvalue weighted by atomic mass is 10.0. The lowest BCUT2D eigenvalue weighted by Gasteiger charge is -2.32. The predicted molar refractivity (Wildman–Crippen MR) is 86.0 cm³/mol. The van der Waals surface area contributed by atoms with Crippen LogP contribution in [-0.2, 0) is 0 Å². The number of piperidine rings is 1. The van der Waals surface area contributed by atoms with Gasteiger partial charge in [-0.25, -0.2) is 0 Å². The first kappa shape index (κ1) is 14.9. The molecule has 3 rings (SSSR count). The number of nitrogens with one attached hydrogen (secondary N) is 1. The summed E-state index contributed by atoms with van der Waals surface area (Å²) in [5.41, 5.74) is 6.46. The lowest BCUT2D eigenvalue weighted by molar-refractivity contribution is 0.0909. The minimum atomic E-state index is -0.135. The van der Waals surface area contributed by atoms with Gasteiger partial charge in [-0.05, 0) is 37.8 Å². The van der Waals surface area contributed by atoms with Gasteiger partial charge in [0.15, 0.2) is 0 Å². The van der Waals surface area contributed by atoms with E-state index in [1.807, 2.05) is 0 Å². The van der Waals surface area contributed by atoms with Crippen molar-refractivity contribution in [3.63, 3.8) is 0 Å². The van der Waals surface area contributed by atoms with Crippen LogP contribution < -0.4 is 11.1 Å². The van der Waals surface area contributed by atoms with Crippen molar-refractivity contribution in [3.05, 3.63) is 27.7 Å². The van der Waals surface area contributed by atoms with Gasteiger partial charge in [0, 0.05) is 30.7 Å². The van der Waals surface area contributed by atoms with Crippen LogP contribution in [0.5, 0.6) is 0 Å². The van der Waals surface area contributed by atoms with E-state index in [-0.39, 0.29) is 11.9 Å². The molecular formula is C15H19Cl2N3O. The summed E-state index contributed by atoms with van der Waals surface area (Å²) >= 11 is 11.9. The lowest BCUT2D eigenvalue weighted by Crippen LogP contribution is -2.45. The molecule has 1 amide bonds. The Hall–Kier alpha value is -0.970. The van der Waals surface area contributed by atoms with Gasteiger partial charge < -0.3 is 16.0 Å². The number of nitrogen functional groups attached to an aromatic ring is 1. The summed E-state index contributed by atoms with van der Waals surface area (Å²) in [5.74, 6) is -0.135. The average molecular weight is 328 g/mol. The molecule has 21 heavy (non-hydrogen) atoms. The summed E-state index contributed by atoms with van der Waals surface area (Å²) in [6.07, 6.45) is 4.66. The summed E-state index contributed by atoms with van der Waals surface area (Å²) in [4.78, 5) is 14.8. The monoisotopic (exact) mass is 327 g/mol. The van der Waals surface area contributed by atoms with Gasteiger partial charge in [0.05, 0.1) is 15.7 Å². The van der Waals surface area contributed by atoms with Gasteiger partial charge in [-0.15, -0.1) is 0 Å². The van der Waals surface area contributed by atoms with E-state index >= 15 is 0 Å². The predicted octanol–water partition coefficient (Wildman–Crippen LogP) is 2.93. The molecule has 0 bridgehead atoms. The maximum atomic E-state index is 12.3. The van der Waals surface area contributed by atoms with Gasteiger partial charge in [-0.3, -0.25) is 4.79 Å². The van der Waals surface area contributed by atoms with Crippen LogP contribution >= 0.6 is 23.2 Å². The Morgan fingerprint density at radius 2 is 1.71 bits per heavy atom. The van der Waals surface area contributed by atoms with Crippen molar-refractivity contribution in [1.82, 2.24) is 10.2 Å². The van der Waals surface area contributed by atoms with Gasteiger partial charge in [0.1, 0.15) is 0 Å². The molecule has 4 nitrogen and oxygen atoms in total. The molecule has 0 spiro atoms. The van der Waals surface area contributed by atoms with E-state index in [2.05, 4.69) is 10.2 Å². The number of anilines is 1. The highest BCUT2D eigenvalue weighted by Gasteiger charge is 2.32. The SMILES string of the molecule is Nc1c(Cl)cc(C(=O)NC2CCN(C3CC3)CC2)cc1Cl. The van der Waals surface area contributed by atoms with E-state index in [1.165, 1.54) is 12.8 Å². The second kappa shape index (κ2) is 6.03. The smallest absolute Gasteiger partial charge is 0.251 e. The number of halogens is 2. The highest BCUT2D eigenvalue weighted by atomic mass is 35.5. The zero-order valence-electron chi connectivity index (χ0n) is 11.7. The number of amides is 1. The molecule has 1 aromatic carbocycles. The van der Waals surface area contributed by atoms with Crippen LogP contribution in [0.1, 0.15) is 36.0 Å². The third kappa shape index (κ3) is 3.44. The first-order valence-electron chi connectivity index (χ1n) is 7.34. The number of nitrogens with two attached hydrogens (primary N) is 1. The molecule has 0 unspecified atom stereocenters. The quantitative estimate of drug-likeness (QED) is 0.839. The molecule has 114 valence electrons. The van der Waals surface area contributed by atoms with E-state index in [9.17, 15) is 4.79 Å². The average Bonchev–Trinajstić information content (AvgIpc) is 3.29. The molecule has 1 saturated heterocycles. The third-order valence-electron chi connectivity index (χ3n) is 4.27. The second-order valence-corrected chi connectivity index (χ2v) is 6.68. The van der Waals surface area contributed by atoms with Crippen LogP contribution in [0.2, 0.25) is 10.0 Å². The zero-order valence-corrected chi connectivity index (χ0v) is 13.3. The van der Waals surface area contributed by atoms with Gasteiger partial charge in [-0.2, -0.15) is 0 Å². The Morgan fingerprint density at radius 1 is 1.14 bits per heavy atom. The van der Waals surface area contributed by atoms with Crippen LogP contribution in [0.4, 0.5) is 5.69 Å². The molecule has 6 heteroatoms. The summed E-state index contributed by atoms with van der Waals surface area (Å²) < 4.78 is 0. The number of hydrogen-bond donors (Lipinski definition) is 2. The van der Waals surface area contributed by atoms with E-state index in [0.717, 1.165) is 32.0 Å². The van der Waals surface area contributed by atoms with Crippen LogP contribution in [0.15, 0.2) is 12.1 Å². The maximum Gasteiger partial charge on any atom is 0.251 e. The first-order chi connectivity index (χ1) is 10.0. The highest BCUT2D eigenvalue weighted by Crippen LogP contribution is 2.30. The third-order valence-corrected chi connectivity index (χ3v) is 4.89. The Balaban J connectivity index is 1.59. The van der Waals surface area contributed by atoms with Crippen LogP contribution in [0.3, 0.4) is 0 Å². The van der Waals surface area contributed by atoms with Crippen molar-refractivity contribution in [2.45, 2.75) is 37.8 Å². The van der Waals surface area contributed by atoms with E-state index < -0.39 is 0 Å². The molecule has 1 saturated carbocycles. The standard InChI is InChI=1S/C15H19Cl2N3O/c16-12-7-9(8-13(17)14(12)18)15(21)19-10-3-5-20(6-4-10)11-1-2-11/h7-8,10-11H,1-6,18H2,(H,19,21). The summed E-state index contributed by atoms with van der Waals surface area (Å²) in [7, 11) is 0. The molecular weight excluding hydrogens is 309 g/mol. The Kier molecular flexibility index (Phi) is 4.29. The number of rotatable bonds is 3. The normalized spacial score (nSPS) is 20.5. The number of carbonyl (C=O) groups excluding carboxylic acids is 1. The molecule has 2 fully saturated rings. The molecule has 0 atom stereocenters. The number of benzene rings is 1. The van der Waals surface area contributed by atoms with Gasteiger partial charge in [0.2, 0.25) is 0 Å². The fourth-order valence-electron chi connectivity index (χ4n) is 2.83. The molecule has 2 aliphatic rings. The Morgan fingerprint density at radius 3 is 2.24 bits per heavy atom. The fraction of sp³-hybridized carbons (Fsp3) is 0.533. The highest BCUT2D eigenvalue weighted by molar-refractivity contribution is 6.39. The molecule has 1 heterocycles. The summed E-state index contributed by atoms with van der Waals surface area (Å²) in [5, 5.41) is 3.70. The number of carbonyl (C=O) groups is 1. The van der Waals surface area contributed by atoms with Crippen molar-refractivity contribution in [2.24, 2.45) is 0 Å². The summed E-state index contributed by atoms with van der Waals surface area (Å²) in [6.45, 7) is 2.14. The minimum Gasteiger partial charge on any atom is -0.396 e. The molecule has 3 N–H and O–H groups in total. The van der Waals surface area contributed by atoms with Crippen LogP contribution in [0, 0.1) is 0 Å². The second-order valence-electron chi connectivity index (χ2n) is 5.87. The van der Waals surface area contributed by atoms with Crippen LogP contribution in [0.25, 0.3) is 0 Å². The Labute approximate surface area is 134 Å². The fourth-order valence-corrected chi connectivity index (χ4v) is 3.32. The van der Waals surface area contributed by atoms with Crippen molar-refractivity contribution in [3.8, 4) is 0 Å². The van der Waals surface area contributed by atoms with Crippen molar-refractivity contribution in [2.75, 3.05) is 18.8 Å². The van der Waals surface area contributed by atoms with E-state index in [0.29, 0.717) is 21.3 Å². The minimum absolute atomic E-state index is 0.135. The molecule has 1 aliphatic heterocycles. The van der Waals surface area contributed by atoms with Crippen LogP contribution in [-0.4, -0.2) is 36.0 Å². The van der Waals surface area contributed by atoms with Gasteiger partial charge in [-0.1, -0.05) is 23.2 Å². The van der Waals surface area contributed by atoms with E-state index in [4.69, 9.17) is 28.9 Å². The Bertz CT molecular complexity index is 529.